The van der Waals surface area contributed by atoms with Crippen molar-refractivity contribution in [3.05, 3.63) is 29.7 Å². The Balaban J connectivity index is 1.71. The molecule has 1 saturated heterocycles. The Bertz CT molecular complexity index is 814. The number of hydrogen-bond donors (Lipinski definition) is 1. The number of amides is 2. The summed E-state index contributed by atoms with van der Waals surface area (Å²) in [6, 6.07) is -0.0351. The molecule has 1 fully saturated rings. The molecule has 2 amide bonds. The van der Waals surface area contributed by atoms with Crippen LogP contribution in [0.1, 0.15) is 49.5 Å². The molecule has 2 aromatic rings. The van der Waals surface area contributed by atoms with Crippen LogP contribution in [0.5, 0.6) is 0 Å². The van der Waals surface area contributed by atoms with Crippen LogP contribution >= 0.6 is 0 Å². The fourth-order valence-electron chi connectivity index (χ4n) is 3.50. The zero-order valence-electron chi connectivity index (χ0n) is 16.3. The monoisotopic (exact) mass is 372 g/mol. The maximum Gasteiger partial charge on any atom is 0.257 e. The molecule has 0 spiro atoms. The molecule has 1 unspecified atom stereocenters. The standard InChI is InChI=1S/C19H28N6O2/c1-4-23(5-2)11-15-9-20-18-17(10-21-25(18)12-15)19(27)22-16-7-6-8-24(13-16)14(3)26/h9-10,12,16H,4-8,11,13H2,1-3H3,(H,22,27). The lowest BCUT2D eigenvalue weighted by Crippen LogP contribution is -2.49. The van der Waals surface area contributed by atoms with Crippen LogP contribution in [0, 0.1) is 0 Å². The summed E-state index contributed by atoms with van der Waals surface area (Å²) < 4.78 is 1.66. The number of carbonyl (C=O) groups excluding carboxylic acids is 2. The summed E-state index contributed by atoms with van der Waals surface area (Å²) >= 11 is 0. The molecule has 0 saturated carbocycles. The molecule has 0 radical (unpaired) electrons. The molecular formula is C19H28N6O2. The highest BCUT2D eigenvalue weighted by Gasteiger charge is 2.24. The lowest BCUT2D eigenvalue weighted by molar-refractivity contribution is -0.130. The molecule has 0 aromatic carbocycles. The van der Waals surface area contributed by atoms with Gasteiger partial charge in [0.1, 0.15) is 5.56 Å². The van der Waals surface area contributed by atoms with Gasteiger partial charge < -0.3 is 10.2 Å². The normalized spacial score (nSPS) is 17.5. The number of nitrogens with one attached hydrogen (secondary N) is 1. The number of aromatic nitrogens is 3. The summed E-state index contributed by atoms with van der Waals surface area (Å²) in [5.41, 5.74) is 2.07. The molecule has 27 heavy (non-hydrogen) atoms. The van der Waals surface area contributed by atoms with E-state index in [0.29, 0.717) is 17.8 Å². The van der Waals surface area contributed by atoms with E-state index in [1.54, 1.807) is 22.5 Å². The number of hydrogen-bond acceptors (Lipinski definition) is 5. The predicted octanol–water partition coefficient (Wildman–Crippen LogP) is 1.31. The first-order valence-corrected chi connectivity index (χ1v) is 9.62. The third-order valence-electron chi connectivity index (χ3n) is 5.16. The molecule has 0 bridgehead atoms. The molecule has 8 nitrogen and oxygen atoms in total. The van der Waals surface area contributed by atoms with Crippen LogP contribution in [0.3, 0.4) is 0 Å². The molecule has 0 aliphatic carbocycles. The van der Waals surface area contributed by atoms with Gasteiger partial charge in [-0.2, -0.15) is 5.10 Å². The highest BCUT2D eigenvalue weighted by molar-refractivity contribution is 5.99. The predicted molar refractivity (Wildman–Crippen MR) is 102 cm³/mol. The Kier molecular flexibility index (Phi) is 6.05. The van der Waals surface area contributed by atoms with E-state index in [4.69, 9.17) is 0 Å². The van der Waals surface area contributed by atoms with Crippen molar-refractivity contribution in [1.82, 2.24) is 29.7 Å². The lowest BCUT2D eigenvalue weighted by Gasteiger charge is -2.32. The summed E-state index contributed by atoms with van der Waals surface area (Å²) in [4.78, 5) is 32.8. The Labute approximate surface area is 159 Å². The van der Waals surface area contributed by atoms with E-state index < -0.39 is 0 Å². The van der Waals surface area contributed by atoms with Crippen molar-refractivity contribution in [3.63, 3.8) is 0 Å². The van der Waals surface area contributed by atoms with Crippen LogP contribution in [-0.4, -0.2) is 68.4 Å². The molecule has 1 atom stereocenters. The Morgan fingerprint density at radius 3 is 2.78 bits per heavy atom. The summed E-state index contributed by atoms with van der Waals surface area (Å²) in [5, 5.41) is 7.33. The zero-order valence-corrected chi connectivity index (χ0v) is 16.3. The van der Waals surface area contributed by atoms with Crippen molar-refractivity contribution >= 4 is 17.5 Å². The molecule has 1 aliphatic heterocycles. The van der Waals surface area contributed by atoms with Gasteiger partial charge in [0.15, 0.2) is 5.65 Å². The Morgan fingerprint density at radius 1 is 1.30 bits per heavy atom. The number of likely N-dealkylation sites (tertiary alicyclic amines) is 1. The molecular weight excluding hydrogens is 344 g/mol. The lowest BCUT2D eigenvalue weighted by atomic mass is 10.1. The summed E-state index contributed by atoms with van der Waals surface area (Å²) in [7, 11) is 0. The van der Waals surface area contributed by atoms with E-state index in [0.717, 1.165) is 44.6 Å². The fraction of sp³-hybridized carbons (Fsp3) is 0.579. The zero-order chi connectivity index (χ0) is 19.4. The Hall–Kier alpha value is -2.48. The SMILES string of the molecule is CCN(CC)Cc1cnc2c(C(=O)NC3CCCN(C(C)=O)C3)cnn2c1. The number of rotatable bonds is 6. The molecule has 3 heterocycles. The highest BCUT2D eigenvalue weighted by atomic mass is 16.2. The van der Waals surface area contributed by atoms with Gasteiger partial charge in [-0.05, 0) is 25.9 Å². The second-order valence-corrected chi connectivity index (χ2v) is 7.03. The largest absolute Gasteiger partial charge is 0.347 e. The maximum atomic E-state index is 12.7. The fourth-order valence-corrected chi connectivity index (χ4v) is 3.50. The second-order valence-electron chi connectivity index (χ2n) is 7.03. The van der Waals surface area contributed by atoms with E-state index in [2.05, 4.69) is 34.1 Å². The van der Waals surface area contributed by atoms with E-state index in [9.17, 15) is 9.59 Å². The van der Waals surface area contributed by atoms with Crippen LogP contribution in [0.2, 0.25) is 0 Å². The number of piperidine rings is 1. The van der Waals surface area contributed by atoms with Crippen LogP contribution in [0.4, 0.5) is 0 Å². The van der Waals surface area contributed by atoms with Gasteiger partial charge in [-0.15, -0.1) is 0 Å². The molecule has 146 valence electrons. The molecule has 3 rings (SSSR count). The van der Waals surface area contributed by atoms with Crippen molar-refractivity contribution in [2.24, 2.45) is 0 Å². The van der Waals surface area contributed by atoms with Gasteiger partial charge in [0.2, 0.25) is 5.91 Å². The van der Waals surface area contributed by atoms with E-state index >= 15 is 0 Å². The van der Waals surface area contributed by atoms with Crippen LogP contribution in [0.15, 0.2) is 18.6 Å². The van der Waals surface area contributed by atoms with Crippen molar-refractivity contribution < 1.29 is 9.59 Å². The third-order valence-corrected chi connectivity index (χ3v) is 5.16. The van der Waals surface area contributed by atoms with Gasteiger partial charge in [0, 0.05) is 50.6 Å². The van der Waals surface area contributed by atoms with E-state index in [-0.39, 0.29) is 17.9 Å². The number of nitrogens with zero attached hydrogens (tertiary/aromatic N) is 5. The van der Waals surface area contributed by atoms with E-state index in [1.165, 1.54) is 0 Å². The Morgan fingerprint density at radius 2 is 2.07 bits per heavy atom. The minimum absolute atomic E-state index is 0.0351. The third kappa shape index (κ3) is 4.44. The highest BCUT2D eigenvalue weighted by Crippen LogP contribution is 2.14. The molecule has 8 heteroatoms. The van der Waals surface area contributed by atoms with Gasteiger partial charge >= 0.3 is 0 Å². The number of fused-ring (bicyclic) bond motifs is 1. The van der Waals surface area contributed by atoms with Gasteiger partial charge in [-0.3, -0.25) is 14.5 Å². The van der Waals surface area contributed by atoms with E-state index in [1.807, 2.05) is 12.4 Å². The van der Waals surface area contributed by atoms with Crippen LogP contribution in [-0.2, 0) is 11.3 Å². The quantitative estimate of drug-likeness (QED) is 0.827. The second kappa shape index (κ2) is 8.47. The van der Waals surface area contributed by atoms with Crippen LogP contribution < -0.4 is 5.32 Å². The molecule has 2 aromatic heterocycles. The van der Waals surface area contributed by atoms with Crippen LogP contribution in [0.25, 0.3) is 5.65 Å². The van der Waals surface area contributed by atoms with Crippen molar-refractivity contribution in [2.75, 3.05) is 26.2 Å². The first-order chi connectivity index (χ1) is 13.0. The molecule has 1 N–H and O–H groups in total. The van der Waals surface area contributed by atoms with Gasteiger partial charge in [-0.25, -0.2) is 9.50 Å². The minimum Gasteiger partial charge on any atom is -0.347 e. The number of carbonyl (C=O) groups is 2. The van der Waals surface area contributed by atoms with Gasteiger partial charge in [0.05, 0.1) is 6.20 Å². The smallest absolute Gasteiger partial charge is 0.257 e. The summed E-state index contributed by atoms with van der Waals surface area (Å²) in [6.45, 7) is 9.89. The summed E-state index contributed by atoms with van der Waals surface area (Å²) in [6.07, 6.45) is 7.06. The van der Waals surface area contributed by atoms with Crippen molar-refractivity contribution in [2.45, 2.75) is 46.2 Å². The average Bonchev–Trinajstić information content (AvgIpc) is 3.09. The first-order valence-electron chi connectivity index (χ1n) is 9.62. The van der Waals surface area contributed by atoms with Gasteiger partial charge in [0.25, 0.3) is 5.91 Å². The average molecular weight is 372 g/mol. The minimum atomic E-state index is -0.190. The first kappa shape index (κ1) is 19.3. The topological polar surface area (TPSA) is 82.8 Å². The van der Waals surface area contributed by atoms with Crippen molar-refractivity contribution in [1.29, 1.82) is 0 Å². The molecule has 1 aliphatic rings. The van der Waals surface area contributed by atoms with Gasteiger partial charge in [-0.1, -0.05) is 13.8 Å². The summed E-state index contributed by atoms with van der Waals surface area (Å²) in [5.74, 6) is -0.142. The van der Waals surface area contributed by atoms with Crippen molar-refractivity contribution in [3.8, 4) is 0 Å². The maximum absolute atomic E-state index is 12.7.